The lowest BCUT2D eigenvalue weighted by Crippen LogP contribution is -2.13. The maximum Gasteiger partial charge on any atom is 0.259 e. The summed E-state index contributed by atoms with van der Waals surface area (Å²) >= 11 is 5.67. The molecule has 0 saturated heterocycles. The Bertz CT molecular complexity index is 647. The summed E-state index contributed by atoms with van der Waals surface area (Å²) in [4.78, 5) is 11.9. The molecule has 0 spiro atoms. The second kappa shape index (κ2) is 5.16. The van der Waals surface area contributed by atoms with Gasteiger partial charge in [0.15, 0.2) is 0 Å². The number of rotatable bonds is 2. The lowest BCUT2D eigenvalue weighted by Gasteiger charge is -2.09. The quantitative estimate of drug-likeness (QED) is 0.740. The molecule has 19 heavy (non-hydrogen) atoms. The smallest absolute Gasteiger partial charge is 0.259 e. The number of amides is 1. The molecule has 2 aromatic carbocycles. The molecule has 2 aromatic rings. The number of nitrogens with two attached hydrogens (primary N) is 1. The summed E-state index contributed by atoms with van der Waals surface area (Å²) < 4.78 is 12.9. The minimum absolute atomic E-state index is 0.0492. The van der Waals surface area contributed by atoms with E-state index in [4.69, 9.17) is 17.3 Å². The Kier molecular flexibility index (Phi) is 3.57. The minimum Gasteiger partial charge on any atom is -0.507 e. The monoisotopic (exact) mass is 280 g/mol. The van der Waals surface area contributed by atoms with Crippen LogP contribution >= 0.6 is 11.6 Å². The highest BCUT2D eigenvalue weighted by Gasteiger charge is 2.13. The normalized spacial score (nSPS) is 10.2. The van der Waals surface area contributed by atoms with E-state index in [9.17, 15) is 14.3 Å². The first-order valence-electron chi connectivity index (χ1n) is 5.32. The average Bonchev–Trinajstić information content (AvgIpc) is 2.32. The van der Waals surface area contributed by atoms with Crippen LogP contribution in [0, 0.1) is 5.82 Å². The van der Waals surface area contributed by atoms with Gasteiger partial charge in [-0.3, -0.25) is 4.79 Å². The van der Waals surface area contributed by atoms with E-state index in [1.54, 1.807) is 0 Å². The summed E-state index contributed by atoms with van der Waals surface area (Å²) in [5.41, 5.74) is 5.98. The highest BCUT2D eigenvalue weighted by Crippen LogP contribution is 2.24. The van der Waals surface area contributed by atoms with Gasteiger partial charge < -0.3 is 16.2 Å². The summed E-state index contributed by atoms with van der Waals surface area (Å²) in [6, 6.07) is 7.72. The summed E-state index contributed by atoms with van der Waals surface area (Å²) in [7, 11) is 0. The number of carbonyl (C=O) groups excluding carboxylic acids is 1. The third-order valence-corrected chi connectivity index (χ3v) is 2.70. The molecule has 4 N–H and O–H groups in total. The molecule has 0 aliphatic heterocycles. The lowest BCUT2D eigenvalue weighted by molar-refractivity contribution is 0.102. The molecule has 0 atom stereocenters. The fourth-order valence-corrected chi connectivity index (χ4v) is 1.70. The Morgan fingerprint density at radius 3 is 2.63 bits per heavy atom. The molecule has 0 aromatic heterocycles. The molecule has 0 unspecified atom stereocenters. The fraction of sp³-hybridized carbons (Fsp3) is 0. The standard InChI is InChI=1S/C13H10ClFN2O2/c14-7-1-3-9(12(18)5-7)13(19)17-11-4-2-8(15)6-10(11)16/h1-6,18H,16H2,(H,17,19). The van der Waals surface area contributed by atoms with Crippen LogP contribution in [0.5, 0.6) is 5.75 Å². The van der Waals surface area contributed by atoms with Crippen molar-refractivity contribution in [3.63, 3.8) is 0 Å². The van der Waals surface area contributed by atoms with Gasteiger partial charge in [0, 0.05) is 5.02 Å². The molecular formula is C13H10ClFN2O2. The van der Waals surface area contributed by atoms with E-state index in [1.807, 2.05) is 0 Å². The summed E-state index contributed by atoms with van der Waals surface area (Å²) in [6.07, 6.45) is 0. The molecule has 0 aliphatic rings. The number of carbonyl (C=O) groups is 1. The van der Waals surface area contributed by atoms with Gasteiger partial charge in [0.25, 0.3) is 5.91 Å². The molecule has 0 saturated carbocycles. The number of halogens is 2. The Morgan fingerprint density at radius 2 is 2.00 bits per heavy atom. The van der Waals surface area contributed by atoms with E-state index in [1.165, 1.54) is 30.3 Å². The topological polar surface area (TPSA) is 75.3 Å². The number of nitrogens with one attached hydrogen (secondary N) is 1. The molecule has 0 aliphatic carbocycles. The van der Waals surface area contributed by atoms with Crippen molar-refractivity contribution in [1.82, 2.24) is 0 Å². The number of hydrogen-bond donors (Lipinski definition) is 3. The van der Waals surface area contributed by atoms with Crippen molar-refractivity contribution in [2.24, 2.45) is 0 Å². The Labute approximate surface area is 113 Å². The van der Waals surface area contributed by atoms with Crippen LogP contribution in [0.25, 0.3) is 0 Å². The molecule has 1 amide bonds. The number of anilines is 2. The average molecular weight is 281 g/mol. The molecule has 98 valence electrons. The van der Waals surface area contributed by atoms with Crippen LogP contribution in [-0.4, -0.2) is 11.0 Å². The number of nitrogen functional groups attached to an aromatic ring is 1. The van der Waals surface area contributed by atoms with Crippen molar-refractivity contribution < 1.29 is 14.3 Å². The van der Waals surface area contributed by atoms with Gasteiger partial charge in [0.1, 0.15) is 11.6 Å². The second-order valence-corrected chi connectivity index (χ2v) is 4.28. The molecule has 0 fully saturated rings. The first-order chi connectivity index (χ1) is 8.97. The van der Waals surface area contributed by atoms with E-state index in [-0.39, 0.29) is 22.7 Å². The van der Waals surface area contributed by atoms with Gasteiger partial charge in [-0.05, 0) is 36.4 Å². The Hall–Kier alpha value is -2.27. The van der Waals surface area contributed by atoms with E-state index < -0.39 is 11.7 Å². The molecule has 2 rings (SSSR count). The maximum atomic E-state index is 12.9. The van der Waals surface area contributed by atoms with E-state index in [0.717, 1.165) is 6.07 Å². The molecule has 0 radical (unpaired) electrons. The van der Waals surface area contributed by atoms with Gasteiger partial charge in [-0.15, -0.1) is 0 Å². The molecule has 4 nitrogen and oxygen atoms in total. The van der Waals surface area contributed by atoms with Crippen molar-refractivity contribution in [1.29, 1.82) is 0 Å². The molecule has 6 heteroatoms. The van der Waals surface area contributed by atoms with Crippen LogP contribution in [-0.2, 0) is 0 Å². The number of hydrogen-bond acceptors (Lipinski definition) is 3. The van der Waals surface area contributed by atoms with Gasteiger partial charge in [0.2, 0.25) is 0 Å². The van der Waals surface area contributed by atoms with Crippen LogP contribution in [0.4, 0.5) is 15.8 Å². The molecule has 0 bridgehead atoms. The van der Waals surface area contributed by atoms with Crippen LogP contribution in [0.2, 0.25) is 5.02 Å². The predicted molar refractivity (Wildman–Crippen MR) is 71.9 cm³/mol. The number of aromatic hydroxyl groups is 1. The van der Waals surface area contributed by atoms with Crippen molar-refractivity contribution in [2.45, 2.75) is 0 Å². The summed E-state index contributed by atoms with van der Waals surface area (Å²) in [5.74, 6) is -1.30. The van der Waals surface area contributed by atoms with Crippen LogP contribution in [0.1, 0.15) is 10.4 Å². The maximum absolute atomic E-state index is 12.9. The lowest BCUT2D eigenvalue weighted by atomic mass is 10.1. The van der Waals surface area contributed by atoms with E-state index in [0.29, 0.717) is 5.02 Å². The van der Waals surface area contributed by atoms with Crippen LogP contribution in [0.15, 0.2) is 36.4 Å². The van der Waals surface area contributed by atoms with E-state index in [2.05, 4.69) is 5.32 Å². The zero-order valence-electron chi connectivity index (χ0n) is 9.65. The van der Waals surface area contributed by atoms with E-state index >= 15 is 0 Å². The molecular weight excluding hydrogens is 271 g/mol. The first kappa shape index (κ1) is 13.2. The number of phenolic OH excluding ortho intramolecular Hbond substituents is 1. The summed E-state index contributed by atoms with van der Waals surface area (Å²) in [6.45, 7) is 0. The van der Waals surface area contributed by atoms with Gasteiger partial charge >= 0.3 is 0 Å². The predicted octanol–water partition coefficient (Wildman–Crippen LogP) is 3.02. The van der Waals surface area contributed by atoms with Crippen LogP contribution in [0.3, 0.4) is 0 Å². The molecule has 0 heterocycles. The van der Waals surface area contributed by atoms with Crippen molar-refractivity contribution >= 4 is 28.9 Å². The fourth-order valence-electron chi connectivity index (χ4n) is 1.53. The third kappa shape index (κ3) is 2.95. The van der Waals surface area contributed by atoms with Crippen molar-refractivity contribution in [3.8, 4) is 5.75 Å². The Balaban J connectivity index is 2.25. The van der Waals surface area contributed by atoms with Crippen molar-refractivity contribution in [2.75, 3.05) is 11.1 Å². The van der Waals surface area contributed by atoms with Crippen molar-refractivity contribution in [3.05, 3.63) is 52.8 Å². The zero-order valence-corrected chi connectivity index (χ0v) is 10.4. The summed E-state index contributed by atoms with van der Waals surface area (Å²) in [5, 5.41) is 12.4. The second-order valence-electron chi connectivity index (χ2n) is 3.85. The van der Waals surface area contributed by atoms with Gasteiger partial charge in [-0.25, -0.2) is 4.39 Å². The van der Waals surface area contributed by atoms with Crippen LogP contribution < -0.4 is 11.1 Å². The number of phenols is 1. The first-order valence-corrected chi connectivity index (χ1v) is 5.70. The zero-order chi connectivity index (χ0) is 14.0. The number of benzene rings is 2. The Morgan fingerprint density at radius 1 is 1.26 bits per heavy atom. The largest absolute Gasteiger partial charge is 0.507 e. The third-order valence-electron chi connectivity index (χ3n) is 2.47. The van der Waals surface area contributed by atoms with Gasteiger partial charge in [0.05, 0.1) is 16.9 Å². The highest BCUT2D eigenvalue weighted by molar-refractivity contribution is 6.31. The van der Waals surface area contributed by atoms with Gasteiger partial charge in [-0.2, -0.15) is 0 Å². The van der Waals surface area contributed by atoms with Gasteiger partial charge in [-0.1, -0.05) is 11.6 Å². The SMILES string of the molecule is Nc1cc(F)ccc1NC(=O)c1ccc(Cl)cc1O. The minimum atomic E-state index is -0.563. The highest BCUT2D eigenvalue weighted by atomic mass is 35.5.